The van der Waals surface area contributed by atoms with Crippen LogP contribution in [0.5, 0.6) is 5.75 Å². The van der Waals surface area contributed by atoms with Crippen molar-refractivity contribution in [1.82, 2.24) is 0 Å². The maximum Gasteiger partial charge on any atom is 0.239 e. The largest absolute Gasteiger partial charge is 0.497 e. The molecule has 0 aliphatic rings. The lowest BCUT2D eigenvalue weighted by Crippen LogP contribution is -2.40. The van der Waals surface area contributed by atoms with E-state index in [1.807, 2.05) is 24.3 Å². The average Bonchev–Trinajstić information content (AvgIpc) is 2.67. The number of rotatable bonds is 6. The first-order chi connectivity index (χ1) is 12.8. The first kappa shape index (κ1) is 18.9. The lowest BCUT2D eigenvalue weighted by atomic mass is 10.0. The maximum atomic E-state index is 13.0. The van der Waals surface area contributed by atoms with Gasteiger partial charge in [0.05, 0.1) is 12.0 Å². The minimum Gasteiger partial charge on any atom is -0.497 e. The van der Waals surface area contributed by atoms with Gasteiger partial charge in [0, 0.05) is 0 Å². The molecule has 3 aromatic rings. The molecular weight excluding hydrogens is 366 g/mol. The van der Waals surface area contributed by atoms with Gasteiger partial charge < -0.3 is 15.6 Å². The van der Waals surface area contributed by atoms with Crippen LogP contribution in [0.25, 0.3) is 10.8 Å². The zero-order valence-corrected chi connectivity index (χ0v) is 15.4. The van der Waals surface area contributed by atoms with E-state index < -0.39 is 27.1 Å². The number of carbonyl (C=O) groups is 1. The van der Waals surface area contributed by atoms with Crippen LogP contribution < -0.4 is 10.5 Å². The molecule has 6 nitrogen and oxygen atoms in total. The summed E-state index contributed by atoms with van der Waals surface area (Å²) in [5.74, 6) is -0.647. The van der Waals surface area contributed by atoms with Crippen LogP contribution in [0.3, 0.4) is 0 Å². The number of sulfone groups is 1. The molecule has 0 saturated heterocycles. The molecule has 0 heterocycles. The average molecular weight is 385 g/mol. The lowest BCUT2D eigenvalue weighted by molar-refractivity contribution is -0.119. The van der Waals surface area contributed by atoms with Crippen molar-refractivity contribution in [3.8, 4) is 5.75 Å². The first-order valence-electron chi connectivity index (χ1n) is 8.18. The summed E-state index contributed by atoms with van der Waals surface area (Å²) >= 11 is 0. The fourth-order valence-electron chi connectivity index (χ4n) is 2.96. The topological polar surface area (TPSA) is 107 Å². The number of ether oxygens (including phenoxy) is 1. The SMILES string of the molecule is COc1ccc(S(=O)(=O)C(C(N)=O)C(O)c2ccc3ccccc3c2)cc1. The summed E-state index contributed by atoms with van der Waals surface area (Å²) in [6.07, 6.45) is -1.60. The molecule has 2 atom stereocenters. The van der Waals surface area contributed by atoms with Crippen LogP contribution in [0.15, 0.2) is 71.6 Å². The van der Waals surface area contributed by atoms with Gasteiger partial charge in [0.1, 0.15) is 11.9 Å². The predicted molar refractivity (Wildman–Crippen MR) is 102 cm³/mol. The van der Waals surface area contributed by atoms with Crippen molar-refractivity contribution in [3.63, 3.8) is 0 Å². The Balaban J connectivity index is 2.03. The van der Waals surface area contributed by atoms with E-state index in [0.29, 0.717) is 11.3 Å². The van der Waals surface area contributed by atoms with E-state index >= 15 is 0 Å². The molecule has 2 unspecified atom stereocenters. The van der Waals surface area contributed by atoms with Gasteiger partial charge in [-0.1, -0.05) is 36.4 Å². The third-order valence-electron chi connectivity index (χ3n) is 4.40. The molecule has 0 fully saturated rings. The van der Waals surface area contributed by atoms with Crippen molar-refractivity contribution in [2.45, 2.75) is 16.2 Å². The second-order valence-corrected chi connectivity index (χ2v) is 8.16. The molecule has 7 heteroatoms. The molecule has 0 radical (unpaired) electrons. The molecule has 0 aromatic heterocycles. The van der Waals surface area contributed by atoms with Crippen LogP contribution in [0.2, 0.25) is 0 Å². The smallest absolute Gasteiger partial charge is 0.239 e. The number of nitrogens with two attached hydrogens (primary N) is 1. The second-order valence-electron chi connectivity index (χ2n) is 6.09. The molecule has 0 aliphatic heterocycles. The van der Waals surface area contributed by atoms with E-state index in [1.165, 1.54) is 31.4 Å². The number of hydrogen-bond acceptors (Lipinski definition) is 5. The molecule has 3 rings (SSSR count). The van der Waals surface area contributed by atoms with Crippen LogP contribution in [-0.4, -0.2) is 31.8 Å². The Kier molecular flexibility index (Phi) is 5.16. The highest BCUT2D eigenvalue weighted by atomic mass is 32.2. The standard InChI is InChI=1S/C20H19NO5S/c1-26-16-8-10-17(11-9-16)27(24,25)19(20(21)23)18(22)15-7-6-13-4-2-3-5-14(13)12-15/h2-12,18-19,22H,1H3,(H2,21,23). The van der Waals surface area contributed by atoms with Gasteiger partial charge in [0.2, 0.25) is 5.91 Å². The number of carbonyl (C=O) groups excluding carboxylic acids is 1. The van der Waals surface area contributed by atoms with Crippen LogP contribution in [0, 0.1) is 0 Å². The third-order valence-corrected chi connectivity index (χ3v) is 6.49. The maximum absolute atomic E-state index is 13.0. The second kappa shape index (κ2) is 7.38. The fraction of sp³-hybridized carbons (Fsp3) is 0.150. The molecule has 1 amide bonds. The molecule has 3 aromatic carbocycles. The summed E-state index contributed by atoms with van der Waals surface area (Å²) in [7, 11) is -2.75. The molecule has 0 saturated carbocycles. The van der Waals surface area contributed by atoms with E-state index in [2.05, 4.69) is 0 Å². The van der Waals surface area contributed by atoms with E-state index in [0.717, 1.165) is 10.8 Å². The molecular formula is C20H19NO5S. The highest BCUT2D eigenvalue weighted by Crippen LogP contribution is 2.30. The van der Waals surface area contributed by atoms with Crippen molar-refractivity contribution in [2.24, 2.45) is 5.73 Å². The molecule has 0 bridgehead atoms. The van der Waals surface area contributed by atoms with Crippen molar-refractivity contribution >= 4 is 26.5 Å². The Morgan fingerprint density at radius 3 is 2.22 bits per heavy atom. The number of benzene rings is 3. The summed E-state index contributed by atoms with van der Waals surface area (Å²) in [6.45, 7) is 0. The number of aliphatic hydroxyl groups excluding tert-OH is 1. The molecule has 3 N–H and O–H groups in total. The van der Waals surface area contributed by atoms with E-state index in [9.17, 15) is 18.3 Å². The summed E-state index contributed by atoms with van der Waals surface area (Å²) in [5.41, 5.74) is 5.66. The Bertz CT molecular complexity index is 1080. The van der Waals surface area contributed by atoms with Crippen LogP contribution in [0.1, 0.15) is 11.7 Å². The Hall–Kier alpha value is -2.90. The van der Waals surface area contributed by atoms with Gasteiger partial charge in [-0.3, -0.25) is 4.79 Å². The summed E-state index contributed by atoms with van der Waals surface area (Å²) in [6, 6.07) is 18.0. The Labute approximate surface area is 157 Å². The highest BCUT2D eigenvalue weighted by molar-refractivity contribution is 7.92. The molecule has 0 aliphatic carbocycles. The first-order valence-corrected chi connectivity index (χ1v) is 9.73. The Morgan fingerprint density at radius 2 is 1.63 bits per heavy atom. The zero-order valence-electron chi connectivity index (χ0n) is 14.6. The van der Waals surface area contributed by atoms with Crippen LogP contribution >= 0.6 is 0 Å². The quantitative estimate of drug-likeness (QED) is 0.677. The van der Waals surface area contributed by atoms with E-state index in [1.54, 1.807) is 18.2 Å². The van der Waals surface area contributed by atoms with Crippen molar-refractivity contribution in [1.29, 1.82) is 0 Å². The fourth-order valence-corrected chi connectivity index (χ4v) is 4.57. The van der Waals surface area contributed by atoms with Crippen molar-refractivity contribution < 1.29 is 23.1 Å². The Morgan fingerprint density at radius 1 is 1.00 bits per heavy atom. The monoisotopic (exact) mass is 385 g/mol. The zero-order chi connectivity index (χ0) is 19.6. The number of methoxy groups -OCH3 is 1. The van der Waals surface area contributed by atoms with E-state index in [-0.39, 0.29) is 4.90 Å². The molecule has 140 valence electrons. The number of fused-ring (bicyclic) bond motifs is 1. The summed E-state index contributed by atoms with van der Waals surface area (Å²) < 4.78 is 30.9. The lowest BCUT2D eigenvalue weighted by Gasteiger charge is -2.21. The van der Waals surface area contributed by atoms with Crippen molar-refractivity contribution in [2.75, 3.05) is 7.11 Å². The van der Waals surface area contributed by atoms with Gasteiger partial charge in [-0.05, 0) is 46.7 Å². The van der Waals surface area contributed by atoms with E-state index in [4.69, 9.17) is 10.5 Å². The van der Waals surface area contributed by atoms with Gasteiger partial charge in [0.15, 0.2) is 15.1 Å². The highest BCUT2D eigenvalue weighted by Gasteiger charge is 2.39. The third kappa shape index (κ3) is 3.65. The summed E-state index contributed by atoms with van der Waals surface area (Å²) in [4.78, 5) is 11.9. The molecule has 0 spiro atoms. The van der Waals surface area contributed by atoms with Gasteiger partial charge in [-0.2, -0.15) is 0 Å². The normalized spacial score (nSPS) is 13.9. The number of aliphatic hydroxyl groups is 1. The van der Waals surface area contributed by atoms with Crippen molar-refractivity contribution in [3.05, 3.63) is 72.3 Å². The number of primary amides is 1. The minimum absolute atomic E-state index is 0.119. The van der Waals surface area contributed by atoms with Gasteiger partial charge in [0.25, 0.3) is 0 Å². The van der Waals surface area contributed by atoms with Crippen LogP contribution in [0.4, 0.5) is 0 Å². The molecule has 27 heavy (non-hydrogen) atoms. The minimum atomic E-state index is -4.21. The van der Waals surface area contributed by atoms with Crippen LogP contribution in [-0.2, 0) is 14.6 Å². The summed E-state index contributed by atoms with van der Waals surface area (Å²) in [5, 5.41) is 10.6. The van der Waals surface area contributed by atoms with Gasteiger partial charge in [-0.15, -0.1) is 0 Å². The van der Waals surface area contributed by atoms with Gasteiger partial charge in [-0.25, -0.2) is 8.42 Å². The predicted octanol–water partition coefficient (Wildman–Crippen LogP) is 2.21. The number of hydrogen-bond donors (Lipinski definition) is 2. The number of amides is 1. The van der Waals surface area contributed by atoms with Gasteiger partial charge >= 0.3 is 0 Å².